The fourth-order valence-electron chi connectivity index (χ4n) is 2.36. The summed E-state index contributed by atoms with van der Waals surface area (Å²) in [7, 11) is 0. The van der Waals surface area contributed by atoms with Crippen LogP contribution in [0.15, 0.2) is 24.5 Å². The van der Waals surface area contributed by atoms with Crippen LogP contribution in [-0.2, 0) is 11.8 Å². The lowest BCUT2D eigenvalue weighted by molar-refractivity contribution is -0.697. The van der Waals surface area contributed by atoms with Gasteiger partial charge in [-0.15, -0.1) is 0 Å². The molecule has 1 aliphatic rings. The van der Waals surface area contributed by atoms with Crippen LogP contribution < -0.4 is 4.57 Å². The lowest BCUT2D eigenvalue weighted by atomic mass is 9.84. The third kappa shape index (κ3) is 1.97. The molecule has 0 bridgehead atoms. The van der Waals surface area contributed by atoms with Crippen molar-refractivity contribution in [3.63, 3.8) is 0 Å². The van der Waals surface area contributed by atoms with Crippen molar-refractivity contribution in [2.45, 2.75) is 58.7 Å². The molecule has 109 valence electrons. The van der Waals surface area contributed by atoms with Crippen LogP contribution >= 0.6 is 0 Å². The van der Waals surface area contributed by atoms with E-state index in [0.717, 1.165) is 22.8 Å². The Hall–Kier alpha value is -1.62. The predicted molar refractivity (Wildman–Crippen MR) is 75.3 cm³/mol. The van der Waals surface area contributed by atoms with Crippen LogP contribution in [0.5, 0.6) is 0 Å². The first-order valence-electron chi connectivity index (χ1n) is 7.04. The highest BCUT2D eigenvalue weighted by Gasteiger charge is 2.59. The monoisotopic (exact) mass is 277 g/mol. The Morgan fingerprint density at radius 1 is 1.20 bits per heavy atom. The lowest BCUT2D eigenvalue weighted by Gasteiger charge is -2.32. The zero-order chi connectivity index (χ0) is 15.1. The quantitative estimate of drug-likeness (QED) is 0.625. The second-order valence-corrected chi connectivity index (χ2v) is 6.36. The molecular weight excluding hydrogens is 254 g/mol. The van der Waals surface area contributed by atoms with E-state index in [2.05, 4.69) is 6.92 Å². The summed E-state index contributed by atoms with van der Waals surface area (Å²) in [5, 5.41) is 25.8. The third-order valence-electron chi connectivity index (χ3n) is 4.53. The van der Waals surface area contributed by atoms with Crippen LogP contribution in [0.4, 0.5) is 0 Å². The Morgan fingerprint density at radius 3 is 2.15 bits per heavy atom. The molecule has 0 N–H and O–H groups in total. The Balaban J connectivity index is 2.44. The van der Waals surface area contributed by atoms with E-state index in [1.165, 1.54) is 0 Å². The van der Waals surface area contributed by atoms with Crippen LogP contribution in [0.3, 0.4) is 0 Å². The average Bonchev–Trinajstić information content (AvgIpc) is 2.51. The summed E-state index contributed by atoms with van der Waals surface area (Å²) in [5.41, 5.74) is -0.862. The van der Waals surface area contributed by atoms with Crippen LogP contribution in [0.2, 0.25) is 0 Å². The fourth-order valence-corrected chi connectivity index (χ4v) is 2.36. The van der Waals surface area contributed by atoms with Crippen molar-refractivity contribution in [3.05, 3.63) is 35.3 Å². The summed E-state index contributed by atoms with van der Waals surface area (Å²) < 4.78 is 2.89. The van der Waals surface area contributed by atoms with Gasteiger partial charge in [0.1, 0.15) is 12.1 Å². The van der Waals surface area contributed by atoms with Crippen LogP contribution in [0, 0.1) is 5.21 Å². The highest BCUT2D eigenvalue weighted by atomic mass is 16.5. The first kappa shape index (κ1) is 14.8. The Kier molecular flexibility index (Phi) is 3.50. The van der Waals surface area contributed by atoms with Gasteiger partial charge in [0.05, 0.1) is 5.56 Å². The summed E-state index contributed by atoms with van der Waals surface area (Å²) in [6.45, 7) is 10.2. The smallest absolute Gasteiger partial charge is 0.317 e. The zero-order valence-corrected chi connectivity index (χ0v) is 12.9. The van der Waals surface area contributed by atoms with Gasteiger partial charge in [-0.2, -0.15) is 0 Å². The van der Waals surface area contributed by atoms with Gasteiger partial charge in [-0.1, -0.05) is 12.0 Å². The van der Waals surface area contributed by atoms with Crippen molar-refractivity contribution in [2.24, 2.45) is 0 Å². The van der Waals surface area contributed by atoms with Crippen molar-refractivity contribution in [3.8, 4) is 0 Å². The molecule has 0 atom stereocenters. The highest BCUT2D eigenvalue weighted by Crippen LogP contribution is 2.37. The van der Waals surface area contributed by atoms with Crippen molar-refractivity contribution < 1.29 is 14.5 Å². The summed E-state index contributed by atoms with van der Waals surface area (Å²) >= 11 is 0. The van der Waals surface area contributed by atoms with E-state index in [1.54, 1.807) is 27.7 Å². The van der Waals surface area contributed by atoms with E-state index in [0.29, 0.717) is 5.56 Å². The molecule has 0 spiro atoms. The van der Waals surface area contributed by atoms with Gasteiger partial charge >= 0.3 is 5.84 Å². The molecule has 0 saturated carbocycles. The Morgan fingerprint density at radius 2 is 1.75 bits per heavy atom. The average molecular weight is 277 g/mol. The second kappa shape index (κ2) is 4.74. The minimum absolute atomic E-state index is 0.198. The second-order valence-electron chi connectivity index (χ2n) is 6.36. The molecule has 0 aliphatic carbocycles. The Labute approximate surface area is 120 Å². The molecule has 0 aromatic carbocycles. The number of rotatable bonds is 3. The third-order valence-corrected chi connectivity index (χ3v) is 4.53. The molecule has 1 radical (unpaired) electrons. The highest BCUT2D eigenvalue weighted by molar-refractivity contribution is 5.95. The van der Waals surface area contributed by atoms with Gasteiger partial charge < -0.3 is 5.21 Å². The molecule has 1 aromatic heterocycles. The maximum Gasteiger partial charge on any atom is 0.317 e. The first-order valence-corrected chi connectivity index (χ1v) is 7.04. The van der Waals surface area contributed by atoms with Gasteiger partial charge in [-0.3, -0.25) is 4.74 Å². The molecule has 0 amide bonds. The van der Waals surface area contributed by atoms with Crippen molar-refractivity contribution in [2.75, 3.05) is 0 Å². The van der Waals surface area contributed by atoms with E-state index in [4.69, 9.17) is 0 Å². The molecule has 2 heterocycles. The molecular formula is C15H23N3O2+. The van der Waals surface area contributed by atoms with Gasteiger partial charge in [-0.05, 0) is 27.7 Å². The molecule has 1 aromatic rings. The molecule has 20 heavy (non-hydrogen) atoms. The number of nitrogens with zero attached hydrogens (tertiary/aromatic N) is 3. The van der Waals surface area contributed by atoms with Gasteiger partial charge in [0.2, 0.25) is 0 Å². The maximum atomic E-state index is 12.5. The van der Waals surface area contributed by atoms with Crippen molar-refractivity contribution in [1.82, 2.24) is 5.06 Å². The summed E-state index contributed by atoms with van der Waals surface area (Å²) in [6, 6.07) is 3.66. The maximum absolute atomic E-state index is 12.5. The molecule has 1 aliphatic heterocycles. The van der Waals surface area contributed by atoms with Crippen LogP contribution in [0.1, 0.15) is 46.6 Å². The van der Waals surface area contributed by atoms with E-state index in [9.17, 15) is 10.4 Å². The normalized spacial score (nSPS) is 20.6. The van der Waals surface area contributed by atoms with Gasteiger partial charge in [0.25, 0.3) is 0 Å². The van der Waals surface area contributed by atoms with E-state index in [1.807, 2.05) is 29.1 Å². The van der Waals surface area contributed by atoms with Crippen molar-refractivity contribution in [1.29, 1.82) is 0 Å². The van der Waals surface area contributed by atoms with Crippen molar-refractivity contribution >= 4 is 5.84 Å². The number of hydroxylamine groups is 3. The SMILES string of the molecule is CCC[n+]1ccc(C2=[N+]([O-])C(C)(C)C(C)(C)N2[O])cc1. The molecule has 5 nitrogen and oxygen atoms in total. The lowest BCUT2D eigenvalue weighted by Crippen LogP contribution is -2.53. The zero-order valence-electron chi connectivity index (χ0n) is 12.9. The van der Waals surface area contributed by atoms with E-state index < -0.39 is 11.1 Å². The number of amidine groups is 1. The minimum Gasteiger partial charge on any atom is -0.714 e. The molecule has 0 unspecified atom stereocenters. The predicted octanol–water partition coefficient (Wildman–Crippen LogP) is 1.86. The van der Waals surface area contributed by atoms with Crippen LogP contribution in [0.25, 0.3) is 0 Å². The molecule has 0 saturated heterocycles. The van der Waals surface area contributed by atoms with Gasteiger partial charge in [-0.25, -0.2) is 4.57 Å². The summed E-state index contributed by atoms with van der Waals surface area (Å²) in [4.78, 5) is 0. The van der Waals surface area contributed by atoms with Crippen LogP contribution in [-0.4, -0.2) is 26.7 Å². The largest absolute Gasteiger partial charge is 0.714 e. The minimum atomic E-state index is -0.765. The molecule has 2 rings (SSSR count). The standard InChI is InChI=1S/C15H23N3O2/c1-6-9-16-10-7-12(8-11-16)13-17(19)14(2,3)15(4,5)18(13)20/h7-8,10-11H,6,9H2,1-5H3/q+1. The van der Waals surface area contributed by atoms with E-state index in [-0.39, 0.29) is 5.84 Å². The van der Waals surface area contributed by atoms with E-state index >= 15 is 0 Å². The topological polar surface area (TPSA) is 53.1 Å². The molecule has 0 fully saturated rings. The number of hydrogen-bond donors (Lipinski definition) is 0. The molecule has 5 heteroatoms. The fraction of sp³-hybridized carbons (Fsp3) is 0.600. The number of aryl methyl sites for hydroxylation is 1. The number of hydrogen-bond acceptors (Lipinski definition) is 2. The number of pyridine rings is 1. The van der Waals surface area contributed by atoms with Gasteiger partial charge in [0, 0.05) is 23.8 Å². The number of aromatic nitrogens is 1. The Bertz CT molecular complexity index is 533. The van der Waals surface area contributed by atoms with Gasteiger partial charge in [0.15, 0.2) is 17.9 Å². The first-order chi connectivity index (χ1) is 9.23. The summed E-state index contributed by atoms with van der Waals surface area (Å²) in [5.74, 6) is 0.198. The summed E-state index contributed by atoms with van der Waals surface area (Å²) in [6.07, 6.45) is 4.86.